The number of rotatable bonds is 4. The van der Waals surface area contributed by atoms with Crippen LogP contribution >= 0.6 is 11.3 Å². The van der Waals surface area contributed by atoms with Gasteiger partial charge in [-0.15, -0.1) is 11.3 Å². The summed E-state index contributed by atoms with van der Waals surface area (Å²) < 4.78 is 0. The molecule has 1 aromatic heterocycles. The van der Waals surface area contributed by atoms with Gasteiger partial charge in [-0.2, -0.15) is 0 Å². The fourth-order valence-electron chi connectivity index (χ4n) is 3.41. The van der Waals surface area contributed by atoms with Crippen LogP contribution in [0.25, 0.3) is 0 Å². The molecule has 7 heteroatoms. The summed E-state index contributed by atoms with van der Waals surface area (Å²) in [6, 6.07) is -0.136. The van der Waals surface area contributed by atoms with Gasteiger partial charge in [-0.05, 0) is 19.3 Å². The molecule has 2 atom stereocenters. The minimum atomic E-state index is -0.406. The minimum Gasteiger partial charge on any atom is -0.351 e. The molecule has 3 rings (SSSR count). The third-order valence-corrected chi connectivity index (χ3v) is 5.70. The highest BCUT2D eigenvalue weighted by molar-refractivity contribution is 7.11. The monoisotopic (exact) mass is 322 g/mol. The average molecular weight is 322 g/mol. The number of urea groups is 1. The van der Waals surface area contributed by atoms with Gasteiger partial charge in [0.05, 0.1) is 24.5 Å². The van der Waals surface area contributed by atoms with Crippen molar-refractivity contribution in [3.05, 3.63) is 16.1 Å². The van der Waals surface area contributed by atoms with Crippen LogP contribution in [0.3, 0.4) is 0 Å². The summed E-state index contributed by atoms with van der Waals surface area (Å²) in [5.74, 6) is 0.0414. The van der Waals surface area contributed by atoms with E-state index < -0.39 is 5.54 Å². The Kier molecular flexibility index (Phi) is 4.33. The molecule has 2 heterocycles. The van der Waals surface area contributed by atoms with Crippen molar-refractivity contribution in [1.29, 1.82) is 0 Å². The van der Waals surface area contributed by atoms with Crippen molar-refractivity contribution >= 4 is 23.3 Å². The van der Waals surface area contributed by atoms with Crippen LogP contribution in [0.15, 0.2) is 6.20 Å². The highest BCUT2D eigenvalue weighted by Gasteiger charge is 2.48. The van der Waals surface area contributed by atoms with Crippen molar-refractivity contribution in [1.82, 2.24) is 20.9 Å². The minimum absolute atomic E-state index is 0.0414. The highest BCUT2D eigenvalue weighted by atomic mass is 32.1. The summed E-state index contributed by atoms with van der Waals surface area (Å²) in [6.07, 6.45) is 7.17. The zero-order valence-corrected chi connectivity index (χ0v) is 13.6. The van der Waals surface area contributed by atoms with Gasteiger partial charge in [0.15, 0.2) is 0 Å². The maximum Gasteiger partial charge on any atom is 0.315 e. The number of aromatic nitrogens is 1. The quantitative estimate of drug-likeness (QED) is 0.789. The van der Waals surface area contributed by atoms with Crippen LogP contribution in [0.1, 0.15) is 48.9 Å². The summed E-state index contributed by atoms with van der Waals surface area (Å²) in [5.41, 5.74) is -0.406. The van der Waals surface area contributed by atoms with Crippen molar-refractivity contribution in [2.24, 2.45) is 0 Å². The van der Waals surface area contributed by atoms with E-state index in [1.165, 1.54) is 4.88 Å². The molecule has 1 aliphatic carbocycles. The number of carbonyl (C=O) groups is 2. The predicted octanol–water partition coefficient (Wildman–Crippen LogP) is 1.71. The maximum absolute atomic E-state index is 12.2. The fourth-order valence-corrected chi connectivity index (χ4v) is 4.21. The summed E-state index contributed by atoms with van der Waals surface area (Å²) in [5, 5.41) is 9.83. The normalized spacial score (nSPS) is 27.1. The molecule has 0 unspecified atom stereocenters. The molecule has 3 amide bonds. The second kappa shape index (κ2) is 6.24. The molecular formula is C15H22N4O2S. The standard InChI is InChI=1S/C15H22N4O2S/c1-2-10-8-16-13(22-10)9-17-14(21)19-15-6-4-3-5-11(15)18-12(20)7-15/h8,11H,2-7,9H2,1H3,(H,18,20)(H2,17,19,21)/t11-,15+/m0/s1. The first-order valence-corrected chi connectivity index (χ1v) is 8.72. The third kappa shape index (κ3) is 3.09. The van der Waals surface area contributed by atoms with E-state index in [-0.39, 0.29) is 18.0 Å². The van der Waals surface area contributed by atoms with Crippen molar-refractivity contribution in [2.75, 3.05) is 0 Å². The van der Waals surface area contributed by atoms with E-state index in [0.717, 1.165) is 37.1 Å². The first-order valence-electron chi connectivity index (χ1n) is 7.90. The van der Waals surface area contributed by atoms with Crippen molar-refractivity contribution in [3.63, 3.8) is 0 Å². The van der Waals surface area contributed by atoms with Crippen LogP contribution in [0, 0.1) is 0 Å². The SMILES string of the molecule is CCc1cnc(CNC(=O)N[C@@]23CCCC[C@@H]2NC(=O)C3)s1. The number of hydrogen-bond acceptors (Lipinski definition) is 4. The Balaban J connectivity index is 1.57. The topological polar surface area (TPSA) is 83.1 Å². The van der Waals surface area contributed by atoms with Gasteiger partial charge in [0.1, 0.15) is 5.01 Å². The zero-order valence-electron chi connectivity index (χ0n) is 12.8. The van der Waals surface area contributed by atoms with Gasteiger partial charge < -0.3 is 16.0 Å². The first kappa shape index (κ1) is 15.3. The highest BCUT2D eigenvalue weighted by Crippen LogP contribution is 2.35. The first-order chi connectivity index (χ1) is 10.6. The molecule has 1 aromatic rings. The van der Waals surface area contributed by atoms with Gasteiger partial charge >= 0.3 is 6.03 Å². The molecule has 6 nitrogen and oxygen atoms in total. The number of thiazole rings is 1. The van der Waals surface area contributed by atoms with Crippen LogP contribution < -0.4 is 16.0 Å². The lowest BCUT2D eigenvalue weighted by Crippen LogP contribution is -2.59. The zero-order chi connectivity index (χ0) is 15.6. The summed E-state index contributed by atoms with van der Waals surface area (Å²) in [7, 11) is 0. The second-order valence-corrected chi connectivity index (χ2v) is 7.28. The Labute approximate surface area is 134 Å². The molecular weight excluding hydrogens is 300 g/mol. The number of hydrogen-bond donors (Lipinski definition) is 3. The van der Waals surface area contributed by atoms with Crippen molar-refractivity contribution in [3.8, 4) is 0 Å². The number of nitrogens with zero attached hydrogens (tertiary/aromatic N) is 1. The molecule has 120 valence electrons. The Morgan fingerprint density at radius 2 is 2.41 bits per heavy atom. The molecule has 2 fully saturated rings. The Hall–Kier alpha value is -1.63. The van der Waals surface area contributed by atoms with Crippen LogP contribution in [0.2, 0.25) is 0 Å². The lowest BCUT2D eigenvalue weighted by molar-refractivity contribution is -0.119. The van der Waals surface area contributed by atoms with Gasteiger partial charge in [-0.3, -0.25) is 4.79 Å². The van der Waals surface area contributed by atoms with E-state index >= 15 is 0 Å². The van der Waals surface area contributed by atoms with Gasteiger partial charge in [-0.25, -0.2) is 9.78 Å². The van der Waals surface area contributed by atoms with Crippen molar-refractivity contribution < 1.29 is 9.59 Å². The largest absolute Gasteiger partial charge is 0.351 e. The average Bonchev–Trinajstić information content (AvgIpc) is 3.07. The van der Waals surface area contributed by atoms with E-state index in [0.29, 0.717) is 13.0 Å². The molecule has 2 aliphatic rings. The van der Waals surface area contributed by atoms with Crippen LogP contribution in [0.4, 0.5) is 4.79 Å². The fraction of sp³-hybridized carbons (Fsp3) is 0.667. The molecule has 1 saturated heterocycles. The molecule has 0 aromatic carbocycles. The molecule has 1 saturated carbocycles. The van der Waals surface area contributed by atoms with Gasteiger partial charge in [0.25, 0.3) is 0 Å². The van der Waals surface area contributed by atoms with Gasteiger partial charge in [0.2, 0.25) is 5.91 Å². The van der Waals surface area contributed by atoms with E-state index in [2.05, 4.69) is 27.9 Å². The number of carbonyl (C=O) groups excluding carboxylic acids is 2. The molecule has 0 radical (unpaired) electrons. The predicted molar refractivity (Wildman–Crippen MR) is 84.6 cm³/mol. The van der Waals surface area contributed by atoms with E-state index in [1.807, 2.05) is 6.20 Å². The number of amides is 3. The maximum atomic E-state index is 12.2. The molecule has 0 bridgehead atoms. The number of fused-ring (bicyclic) bond motifs is 1. The summed E-state index contributed by atoms with van der Waals surface area (Å²) in [6.45, 7) is 2.52. The number of aryl methyl sites for hydroxylation is 1. The molecule has 22 heavy (non-hydrogen) atoms. The third-order valence-electron chi connectivity index (χ3n) is 4.56. The van der Waals surface area contributed by atoms with E-state index in [1.54, 1.807) is 11.3 Å². The number of nitrogens with one attached hydrogen (secondary N) is 3. The van der Waals surface area contributed by atoms with Gasteiger partial charge in [-0.1, -0.05) is 19.8 Å². The van der Waals surface area contributed by atoms with E-state index in [9.17, 15) is 9.59 Å². The lowest BCUT2D eigenvalue weighted by Gasteiger charge is -2.38. The molecule has 0 spiro atoms. The summed E-state index contributed by atoms with van der Waals surface area (Å²) in [4.78, 5) is 29.4. The lowest BCUT2D eigenvalue weighted by atomic mass is 9.78. The molecule has 1 aliphatic heterocycles. The smallest absolute Gasteiger partial charge is 0.315 e. The van der Waals surface area contributed by atoms with Gasteiger partial charge in [0, 0.05) is 11.1 Å². The van der Waals surface area contributed by atoms with Crippen LogP contribution in [-0.2, 0) is 17.8 Å². The second-order valence-electron chi connectivity index (χ2n) is 6.08. The Morgan fingerprint density at radius 3 is 3.18 bits per heavy atom. The molecule has 3 N–H and O–H groups in total. The summed E-state index contributed by atoms with van der Waals surface area (Å²) >= 11 is 1.62. The Bertz CT molecular complexity index is 574. The van der Waals surface area contributed by atoms with Crippen molar-refractivity contribution in [2.45, 2.75) is 63.6 Å². The van der Waals surface area contributed by atoms with Crippen LogP contribution in [0.5, 0.6) is 0 Å². The van der Waals surface area contributed by atoms with Crippen LogP contribution in [-0.4, -0.2) is 28.5 Å². The van der Waals surface area contributed by atoms with E-state index in [4.69, 9.17) is 0 Å². The Morgan fingerprint density at radius 1 is 1.55 bits per heavy atom.